The number of aromatic nitrogens is 4. The molecule has 1 aromatic carbocycles. The fraction of sp³-hybridized carbons (Fsp3) is 0.176. The van der Waals surface area contributed by atoms with E-state index in [0.717, 1.165) is 0 Å². The number of nitrogen functional groups attached to an aromatic ring is 1. The third kappa shape index (κ3) is 3.78. The largest absolute Gasteiger partial charge is 0.493 e. The summed E-state index contributed by atoms with van der Waals surface area (Å²) in [6.07, 6.45) is 3.17. The van der Waals surface area contributed by atoms with Crippen molar-refractivity contribution in [3.05, 3.63) is 42.7 Å². The van der Waals surface area contributed by atoms with Crippen LogP contribution in [-0.2, 0) is 0 Å². The van der Waals surface area contributed by atoms with E-state index in [4.69, 9.17) is 25.7 Å². The molecule has 0 fully saturated rings. The summed E-state index contributed by atoms with van der Waals surface area (Å²) in [4.78, 5) is 16.8. The highest BCUT2D eigenvalue weighted by Gasteiger charge is 2.19. The number of nitrogens with two attached hydrogens (primary N) is 2. The lowest BCUT2D eigenvalue weighted by atomic mass is 10.3. The van der Waals surface area contributed by atoms with Crippen LogP contribution in [0.3, 0.4) is 0 Å². The Balaban J connectivity index is 2.03. The number of hydrogen-bond acceptors (Lipinski definition) is 9. The minimum Gasteiger partial charge on any atom is -0.493 e. The highest BCUT2D eigenvalue weighted by atomic mass is 16.5. The lowest BCUT2D eigenvalue weighted by Gasteiger charge is -2.15. The predicted molar refractivity (Wildman–Crippen MR) is 95.1 cm³/mol. The molecule has 0 aliphatic carbocycles. The van der Waals surface area contributed by atoms with E-state index in [0.29, 0.717) is 23.9 Å². The van der Waals surface area contributed by atoms with E-state index in [9.17, 15) is 0 Å². The molecule has 26 heavy (non-hydrogen) atoms. The van der Waals surface area contributed by atoms with Crippen molar-refractivity contribution >= 4 is 5.82 Å². The normalized spacial score (nSPS) is 10.4. The van der Waals surface area contributed by atoms with Gasteiger partial charge in [0.15, 0.2) is 23.1 Å². The topological polar surface area (TPSA) is 131 Å². The van der Waals surface area contributed by atoms with Gasteiger partial charge in [0.2, 0.25) is 11.6 Å². The van der Waals surface area contributed by atoms with Gasteiger partial charge in [0, 0.05) is 18.9 Å². The summed E-state index contributed by atoms with van der Waals surface area (Å²) in [5, 5.41) is 0. The van der Waals surface area contributed by atoms with E-state index in [1.54, 1.807) is 37.7 Å². The smallest absolute Gasteiger partial charge is 0.263 e. The van der Waals surface area contributed by atoms with Crippen LogP contribution in [0.2, 0.25) is 0 Å². The van der Waals surface area contributed by atoms with Gasteiger partial charge in [-0.15, -0.1) is 0 Å². The number of ether oxygens (including phenoxy) is 3. The predicted octanol–water partition coefficient (Wildman–Crippen LogP) is 1.65. The fourth-order valence-corrected chi connectivity index (χ4v) is 2.12. The first-order valence-electron chi connectivity index (χ1n) is 7.81. The minimum atomic E-state index is 0.0837. The summed E-state index contributed by atoms with van der Waals surface area (Å²) >= 11 is 0. The Bertz CT molecular complexity index is 876. The first-order chi connectivity index (χ1) is 12.7. The van der Waals surface area contributed by atoms with E-state index < -0.39 is 0 Å². The summed E-state index contributed by atoms with van der Waals surface area (Å²) in [7, 11) is 1.55. The molecule has 0 bridgehead atoms. The quantitative estimate of drug-likeness (QED) is 0.650. The zero-order valence-electron chi connectivity index (χ0n) is 14.1. The highest BCUT2D eigenvalue weighted by molar-refractivity contribution is 5.60. The van der Waals surface area contributed by atoms with E-state index in [1.165, 1.54) is 0 Å². The van der Waals surface area contributed by atoms with Crippen LogP contribution >= 0.6 is 0 Å². The molecule has 0 radical (unpaired) electrons. The van der Waals surface area contributed by atoms with Gasteiger partial charge in [-0.1, -0.05) is 12.1 Å². The van der Waals surface area contributed by atoms with E-state index in [1.807, 2.05) is 12.1 Å². The van der Waals surface area contributed by atoms with Crippen molar-refractivity contribution in [1.82, 2.24) is 19.9 Å². The molecular formula is C17H18N6O3. The molecule has 0 amide bonds. The Morgan fingerprint density at radius 2 is 1.69 bits per heavy atom. The molecule has 0 unspecified atom stereocenters. The number of para-hydroxylation sites is 2. The van der Waals surface area contributed by atoms with Crippen LogP contribution in [0.4, 0.5) is 5.82 Å². The van der Waals surface area contributed by atoms with Gasteiger partial charge < -0.3 is 25.7 Å². The third-order valence-electron chi connectivity index (χ3n) is 3.26. The monoisotopic (exact) mass is 354 g/mol. The number of rotatable bonds is 7. The molecule has 2 aromatic heterocycles. The van der Waals surface area contributed by atoms with Crippen LogP contribution in [0.15, 0.2) is 42.7 Å². The number of methoxy groups -OCH3 is 1. The molecule has 0 aliphatic heterocycles. The Morgan fingerprint density at radius 1 is 0.962 bits per heavy atom. The minimum absolute atomic E-state index is 0.0837. The molecule has 0 saturated carbocycles. The van der Waals surface area contributed by atoms with Crippen molar-refractivity contribution in [2.45, 2.75) is 0 Å². The zero-order valence-corrected chi connectivity index (χ0v) is 14.1. The van der Waals surface area contributed by atoms with Gasteiger partial charge in [0.1, 0.15) is 6.61 Å². The average molecular weight is 354 g/mol. The Hall–Kier alpha value is -3.46. The van der Waals surface area contributed by atoms with Gasteiger partial charge in [-0.3, -0.25) is 0 Å². The van der Waals surface area contributed by atoms with Crippen molar-refractivity contribution < 1.29 is 14.2 Å². The molecular weight excluding hydrogens is 336 g/mol. The van der Waals surface area contributed by atoms with Gasteiger partial charge in [0.05, 0.1) is 7.11 Å². The molecule has 0 atom stereocenters. The SMILES string of the molecule is COc1ccccc1Oc1c(N)nc(-c2ncccn2)nc1OCCN. The second-order valence-corrected chi connectivity index (χ2v) is 5.03. The summed E-state index contributed by atoms with van der Waals surface area (Å²) in [6.45, 7) is 0.531. The van der Waals surface area contributed by atoms with E-state index in [2.05, 4.69) is 19.9 Å². The summed E-state index contributed by atoms with van der Waals surface area (Å²) < 4.78 is 16.8. The highest BCUT2D eigenvalue weighted by Crippen LogP contribution is 2.39. The van der Waals surface area contributed by atoms with Crippen LogP contribution < -0.4 is 25.7 Å². The summed E-state index contributed by atoms with van der Waals surface area (Å²) in [6, 6.07) is 8.82. The molecule has 0 aliphatic rings. The third-order valence-corrected chi connectivity index (χ3v) is 3.26. The van der Waals surface area contributed by atoms with Crippen molar-refractivity contribution in [3.8, 4) is 34.8 Å². The van der Waals surface area contributed by atoms with Gasteiger partial charge in [-0.2, -0.15) is 4.98 Å². The number of benzene rings is 1. The van der Waals surface area contributed by atoms with Crippen LogP contribution in [-0.4, -0.2) is 40.2 Å². The van der Waals surface area contributed by atoms with E-state index in [-0.39, 0.29) is 29.9 Å². The Kier molecular flexibility index (Phi) is 5.40. The first kappa shape index (κ1) is 17.4. The molecule has 2 heterocycles. The molecule has 3 rings (SSSR count). The molecule has 3 aromatic rings. The number of hydrogen-bond donors (Lipinski definition) is 2. The molecule has 0 spiro atoms. The van der Waals surface area contributed by atoms with Crippen molar-refractivity contribution in [3.63, 3.8) is 0 Å². The molecule has 9 nitrogen and oxygen atoms in total. The second-order valence-electron chi connectivity index (χ2n) is 5.03. The van der Waals surface area contributed by atoms with Gasteiger partial charge >= 0.3 is 0 Å². The fourth-order valence-electron chi connectivity index (χ4n) is 2.12. The first-order valence-corrected chi connectivity index (χ1v) is 7.81. The molecule has 9 heteroatoms. The average Bonchev–Trinajstić information content (AvgIpc) is 2.69. The molecule has 0 saturated heterocycles. The van der Waals surface area contributed by atoms with Crippen LogP contribution in [0, 0.1) is 0 Å². The maximum absolute atomic E-state index is 6.09. The summed E-state index contributed by atoms with van der Waals surface area (Å²) in [5.41, 5.74) is 11.6. The Morgan fingerprint density at radius 3 is 2.38 bits per heavy atom. The molecule has 4 N–H and O–H groups in total. The van der Waals surface area contributed by atoms with Crippen molar-refractivity contribution in [2.75, 3.05) is 26.0 Å². The van der Waals surface area contributed by atoms with Crippen molar-refractivity contribution in [2.24, 2.45) is 5.73 Å². The maximum atomic E-state index is 6.09. The second kappa shape index (κ2) is 8.08. The number of anilines is 1. The van der Waals surface area contributed by atoms with Gasteiger partial charge in [-0.05, 0) is 18.2 Å². The van der Waals surface area contributed by atoms with Crippen LogP contribution in [0.5, 0.6) is 23.1 Å². The maximum Gasteiger partial charge on any atom is 0.263 e. The standard InChI is InChI=1S/C17H18N6O3/c1-24-11-5-2-3-6-12(11)26-13-14(19)22-16(15-20-8-4-9-21-15)23-17(13)25-10-7-18/h2-6,8-9H,7,10,18H2,1H3,(H2,19,22,23). The van der Waals surface area contributed by atoms with Crippen molar-refractivity contribution in [1.29, 1.82) is 0 Å². The van der Waals surface area contributed by atoms with Gasteiger partial charge in [0.25, 0.3) is 5.88 Å². The van der Waals surface area contributed by atoms with Crippen LogP contribution in [0.1, 0.15) is 0 Å². The lowest BCUT2D eigenvalue weighted by molar-refractivity contribution is 0.296. The van der Waals surface area contributed by atoms with E-state index >= 15 is 0 Å². The summed E-state index contributed by atoms with van der Waals surface area (Å²) in [5.74, 6) is 1.93. The van der Waals surface area contributed by atoms with Crippen LogP contribution in [0.25, 0.3) is 11.6 Å². The number of nitrogens with zero attached hydrogens (tertiary/aromatic N) is 4. The molecule has 134 valence electrons. The van der Waals surface area contributed by atoms with Gasteiger partial charge in [-0.25, -0.2) is 15.0 Å². The zero-order chi connectivity index (χ0) is 18.4. The lowest BCUT2D eigenvalue weighted by Crippen LogP contribution is -2.13. The Labute approximate surface area is 150 Å².